The molecule has 5 nitrogen and oxygen atoms in total. The Labute approximate surface area is 75.0 Å². The highest BCUT2D eigenvalue weighted by molar-refractivity contribution is 5.97. The number of aromatic nitrogens is 1. The Bertz CT molecular complexity index is 420. The quantitative estimate of drug-likeness (QED) is 0.604. The molecule has 4 N–H and O–H groups in total. The van der Waals surface area contributed by atoms with Gasteiger partial charge in [-0.25, -0.2) is 0 Å². The van der Waals surface area contributed by atoms with Gasteiger partial charge in [-0.15, -0.1) is 0 Å². The molecule has 1 rings (SSSR count). The molecule has 70 valence electrons. The third-order valence-electron chi connectivity index (χ3n) is 1.91. The number of carbonyl (C=O) groups is 1. The molecule has 13 heavy (non-hydrogen) atoms. The topological polar surface area (TPSA) is 91.1 Å². The molecule has 0 bridgehead atoms. The van der Waals surface area contributed by atoms with Gasteiger partial charge in [0, 0.05) is 12.6 Å². The van der Waals surface area contributed by atoms with Gasteiger partial charge < -0.3 is 11.5 Å². The van der Waals surface area contributed by atoms with Gasteiger partial charge in [0.2, 0.25) is 0 Å². The Morgan fingerprint density at radius 3 is 2.54 bits per heavy atom. The van der Waals surface area contributed by atoms with Crippen LogP contribution in [0.2, 0.25) is 0 Å². The average molecular weight is 181 g/mol. The molecule has 1 aromatic heterocycles. The van der Waals surface area contributed by atoms with Gasteiger partial charge in [-0.2, -0.15) is 0 Å². The van der Waals surface area contributed by atoms with E-state index in [4.69, 9.17) is 11.5 Å². The van der Waals surface area contributed by atoms with E-state index in [0.717, 1.165) is 0 Å². The van der Waals surface area contributed by atoms with Gasteiger partial charge in [0.1, 0.15) is 5.82 Å². The van der Waals surface area contributed by atoms with E-state index in [-0.39, 0.29) is 16.9 Å². The highest BCUT2D eigenvalue weighted by Crippen LogP contribution is 2.08. The molecule has 0 spiro atoms. The Kier molecular flexibility index (Phi) is 2.10. The number of primary amides is 1. The minimum Gasteiger partial charge on any atom is -0.384 e. The maximum atomic E-state index is 11.3. The monoisotopic (exact) mass is 181 g/mol. The van der Waals surface area contributed by atoms with Crippen LogP contribution in [0.5, 0.6) is 0 Å². The van der Waals surface area contributed by atoms with E-state index in [9.17, 15) is 9.59 Å². The minimum atomic E-state index is -0.629. The molecule has 0 aliphatic heterocycles. The molecule has 5 heteroatoms. The molecule has 0 aliphatic rings. The SMILES string of the molecule is Cc1cc(C(N)=O)c(N)n(C)c1=O. The normalized spacial score (nSPS) is 10.0. The molecular weight excluding hydrogens is 170 g/mol. The van der Waals surface area contributed by atoms with Crippen LogP contribution in [0.3, 0.4) is 0 Å². The maximum absolute atomic E-state index is 11.3. The van der Waals surface area contributed by atoms with Gasteiger partial charge in [0.25, 0.3) is 11.5 Å². The van der Waals surface area contributed by atoms with Crippen molar-refractivity contribution in [3.8, 4) is 0 Å². The van der Waals surface area contributed by atoms with E-state index in [1.807, 2.05) is 0 Å². The molecule has 0 unspecified atom stereocenters. The smallest absolute Gasteiger partial charge is 0.254 e. The number of amides is 1. The zero-order valence-corrected chi connectivity index (χ0v) is 7.50. The number of carbonyl (C=O) groups excluding carboxylic acids is 1. The van der Waals surface area contributed by atoms with Gasteiger partial charge in [0.05, 0.1) is 5.56 Å². The van der Waals surface area contributed by atoms with Crippen LogP contribution in [0.4, 0.5) is 5.82 Å². The lowest BCUT2D eigenvalue weighted by Gasteiger charge is -2.07. The summed E-state index contributed by atoms with van der Waals surface area (Å²) in [4.78, 5) is 22.2. The zero-order valence-electron chi connectivity index (χ0n) is 7.50. The molecule has 1 aromatic rings. The zero-order chi connectivity index (χ0) is 10.2. The predicted molar refractivity (Wildman–Crippen MR) is 49.4 cm³/mol. The van der Waals surface area contributed by atoms with Crippen molar-refractivity contribution in [3.63, 3.8) is 0 Å². The number of anilines is 1. The van der Waals surface area contributed by atoms with Gasteiger partial charge in [-0.3, -0.25) is 14.2 Å². The average Bonchev–Trinajstić information content (AvgIpc) is 2.07. The van der Waals surface area contributed by atoms with E-state index < -0.39 is 5.91 Å². The van der Waals surface area contributed by atoms with E-state index in [1.165, 1.54) is 17.7 Å². The van der Waals surface area contributed by atoms with Crippen molar-refractivity contribution in [2.45, 2.75) is 6.92 Å². The number of nitrogens with zero attached hydrogens (tertiary/aromatic N) is 1. The van der Waals surface area contributed by atoms with Gasteiger partial charge in [-0.1, -0.05) is 0 Å². The van der Waals surface area contributed by atoms with Crippen LogP contribution >= 0.6 is 0 Å². The summed E-state index contributed by atoms with van der Waals surface area (Å²) in [5, 5.41) is 0. The second kappa shape index (κ2) is 2.93. The van der Waals surface area contributed by atoms with Crippen molar-refractivity contribution in [1.29, 1.82) is 0 Å². The van der Waals surface area contributed by atoms with Gasteiger partial charge >= 0.3 is 0 Å². The van der Waals surface area contributed by atoms with E-state index in [1.54, 1.807) is 6.92 Å². The Hall–Kier alpha value is -1.78. The van der Waals surface area contributed by atoms with Crippen molar-refractivity contribution in [1.82, 2.24) is 4.57 Å². The number of hydrogen-bond donors (Lipinski definition) is 2. The molecule has 0 atom stereocenters. The Morgan fingerprint density at radius 2 is 2.08 bits per heavy atom. The van der Waals surface area contributed by atoms with Crippen LogP contribution < -0.4 is 17.0 Å². The summed E-state index contributed by atoms with van der Waals surface area (Å²) in [5.74, 6) is -0.528. The molecule has 0 saturated heterocycles. The summed E-state index contributed by atoms with van der Waals surface area (Å²) >= 11 is 0. The second-order valence-electron chi connectivity index (χ2n) is 2.85. The fraction of sp³-hybridized carbons (Fsp3) is 0.250. The first-order valence-corrected chi connectivity index (χ1v) is 3.71. The lowest BCUT2D eigenvalue weighted by molar-refractivity contribution is 0.100. The fourth-order valence-corrected chi connectivity index (χ4v) is 1.10. The van der Waals surface area contributed by atoms with Crippen molar-refractivity contribution in [2.75, 3.05) is 5.73 Å². The molecule has 0 radical (unpaired) electrons. The number of pyridine rings is 1. The molecule has 0 aromatic carbocycles. The summed E-state index contributed by atoms with van der Waals surface area (Å²) in [5.41, 5.74) is 11.0. The molecular formula is C8H11N3O2. The van der Waals surface area contributed by atoms with Crippen molar-refractivity contribution < 1.29 is 4.79 Å². The largest absolute Gasteiger partial charge is 0.384 e. The third kappa shape index (κ3) is 1.40. The predicted octanol–water partition coefficient (Wildman–Crippen LogP) is -0.625. The maximum Gasteiger partial charge on any atom is 0.254 e. The van der Waals surface area contributed by atoms with E-state index >= 15 is 0 Å². The van der Waals surface area contributed by atoms with Crippen LogP contribution in [0.25, 0.3) is 0 Å². The molecule has 1 heterocycles. The fourth-order valence-electron chi connectivity index (χ4n) is 1.10. The minimum absolute atomic E-state index is 0.100. The Morgan fingerprint density at radius 1 is 1.54 bits per heavy atom. The van der Waals surface area contributed by atoms with Crippen LogP contribution in [-0.2, 0) is 7.05 Å². The highest BCUT2D eigenvalue weighted by Gasteiger charge is 2.10. The molecule has 0 saturated carbocycles. The van der Waals surface area contributed by atoms with Crippen LogP contribution in [0.1, 0.15) is 15.9 Å². The van der Waals surface area contributed by atoms with Crippen LogP contribution in [0, 0.1) is 6.92 Å². The summed E-state index contributed by atoms with van der Waals surface area (Å²) in [6.45, 7) is 1.61. The summed E-state index contributed by atoms with van der Waals surface area (Å²) in [6, 6.07) is 1.40. The summed E-state index contributed by atoms with van der Waals surface area (Å²) in [7, 11) is 1.50. The van der Waals surface area contributed by atoms with Crippen molar-refractivity contribution in [3.05, 3.63) is 27.5 Å². The lowest BCUT2D eigenvalue weighted by atomic mass is 10.2. The second-order valence-corrected chi connectivity index (χ2v) is 2.85. The van der Waals surface area contributed by atoms with E-state index in [2.05, 4.69) is 0 Å². The van der Waals surface area contributed by atoms with Crippen LogP contribution in [0.15, 0.2) is 10.9 Å². The summed E-state index contributed by atoms with van der Waals surface area (Å²) < 4.78 is 1.20. The van der Waals surface area contributed by atoms with Gasteiger partial charge in [0.15, 0.2) is 0 Å². The Balaban J connectivity index is 3.60. The van der Waals surface area contributed by atoms with E-state index in [0.29, 0.717) is 5.56 Å². The number of hydrogen-bond acceptors (Lipinski definition) is 3. The molecule has 0 fully saturated rings. The first-order chi connectivity index (χ1) is 5.95. The molecule has 0 aliphatic carbocycles. The number of nitrogen functional groups attached to an aromatic ring is 1. The summed E-state index contributed by atoms with van der Waals surface area (Å²) in [6.07, 6.45) is 0. The number of aryl methyl sites for hydroxylation is 1. The third-order valence-corrected chi connectivity index (χ3v) is 1.91. The first kappa shape index (κ1) is 9.31. The van der Waals surface area contributed by atoms with Crippen LogP contribution in [-0.4, -0.2) is 10.5 Å². The number of nitrogens with two attached hydrogens (primary N) is 2. The van der Waals surface area contributed by atoms with Crippen molar-refractivity contribution >= 4 is 11.7 Å². The number of rotatable bonds is 1. The van der Waals surface area contributed by atoms with Crippen molar-refractivity contribution in [2.24, 2.45) is 12.8 Å². The lowest BCUT2D eigenvalue weighted by Crippen LogP contribution is -2.26. The first-order valence-electron chi connectivity index (χ1n) is 3.71. The van der Waals surface area contributed by atoms with Gasteiger partial charge in [-0.05, 0) is 13.0 Å². The molecule has 1 amide bonds. The highest BCUT2D eigenvalue weighted by atomic mass is 16.1. The standard InChI is InChI=1S/C8H11N3O2/c1-4-3-5(7(10)12)6(9)11(2)8(4)13/h3H,9H2,1-2H3,(H2,10,12).